The van der Waals surface area contributed by atoms with E-state index >= 15 is 0 Å². The monoisotopic (exact) mass is 336 g/mol. The molecule has 0 radical (unpaired) electrons. The highest BCUT2D eigenvalue weighted by molar-refractivity contribution is 6.12. The minimum absolute atomic E-state index is 0.0459. The van der Waals surface area contributed by atoms with E-state index in [0.717, 1.165) is 5.57 Å². The van der Waals surface area contributed by atoms with Crippen molar-refractivity contribution in [2.24, 2.45) is 23.7 Å². The Hall–Kier alpha value is -2.75. The number of Topliss-reactive ketones (excluding diaryl/α,β-unsaturated/α-hetero) is 2. The van der Waals surface area contributed by atoms with Crippen LogP contribution in [-0.2, 0) is 19.1 Å². The van der Waals surface area contributed by atoms with Crippen molar-refractivity contribution in [3.8, 4) is 0 Å². The summed E-state index contributed by atoms with van der Waals surface area (Å²) in [7, 11) is 0. The molecule has 1 heterocycles. The molecule has 3 rings (SSSR count). The summed E-state index contributed by atoms with van der Waals surface area (Å²) in [5.74, 6) is -1.23. The molecule has 0 N–H and O–H groups in total. The molecule has 2 aliphatic carbocycles. The third-order valence-electron chi connectivity index (χ3n) is 4.90. The van der Waals surface area contributed by atoms with E-state index in [-0.39, 0.29) is 35.3 Å². The maximum absolute atomic E-state index is 12.9. The molecular formula is C21H20O4. The van der Waals surface area contributed by atoms with Crippen molar-refractivity contribution in [1.29, 1.82) is 0 Å². The van der Waals surface area contributed by atoms with E-state index in [2.05, 4.69) is 13.2 Å². The van der Waals surface area contributed by atoms with Gasteiger partial charge in [0.1, 0.15) is 11.5 Å². The van der Waals surface area contributed by atoms with E-state index in [1.807, 2.05) is 13.0 Å². The number of esters is 1. The van der Waals surface area contributed by atoms with Crippen LogP contribution in [0.4, 0.5) is 0 Å². The second-order valence-electron chi connectivity index (χ2n) is 6.74. The molecule has 0 bridgehead atoms. The molecule has 1 aliphatic heterocycles. The van der Waals surface area contributed by atoms with Crippen LogP contribution < -0.4 is 0 Å². The van der Waals surface area contributed by atoms with E-state index in [4.69, 9.17) is 4.74 Å². The second-order valence-corrected chi connectivity index (χ2v) is 6.74. The third kappa shape index (κ3) is 3.00. The minimum Gasteiger partial charge on any atom is -0.431 e. The van der Waals surface area contributed by atoms with Crippen LogP contribution >= 0.6 is 0 Å². The average molecular weight is 336 g/mol. The highest BCUT2D eigenvalue weighted by Gasteiger charge is 2.39. The molecule has 0 amide bonds. The highest BCUT2D eigenvalue weighted by atomic mass is 16.5. The Balaban J connectivity index is 1.88. The molecule has 0 aromatic heterocycles. The second kappa shape index (κ2) is 6.28. The lowest BCUT2D eigenvalue weighted by Crippen LogP contribution is -2.24. The number of rotatable bonds is 4. The van der Waals surface area contributed by atoms with Crippen molar-refractivity contribution >= 4 is 17.5 Å². The summed E-state index contributed by atoms with van der Waals surface area (Å²) in [5, 5.41) is 0. The van der Waals surface area contributed by atoms with E-state index < -0.39 is 5.92 Å². The lowest BCUT2D eigenvalue weighted by Gasteiger charge is -2.25. The Labute approximate surface area is 146 Å². The summed E-state index contributed by atoms with van der Waals surface area (Å²) in [6, 6.07) is 0. The van der Waals surface area contributed by atoms with Crippen LogP contribution in [-0.4, -0.2) is 17.5 Å². The van der Waals surface area contributed by atoms with Gasteiger partial charge in [0.2, 0.25) is 0 Å². The van der Waals surface area contributed by atoms with E-state index in [0.29, 0.717) is 16.9 Å². The zero-order chi connectivity index (χ0) is 18.3. The van der Waals surface area contributed by atoms with Crippen molar-refractivity contribution in [3.05, 3.63) is 72.1 Å². The molecule has 4 atom stereocenters. The molecular weight excluding hydrogens is 316 g/mol. The van der Waals surface area contributed by atoms with Gasteiger partial charge in [-0.2, -0.15) is 0 Å². The predicted octanol–water partition coefficient (Wildman–Crippen LogP) is 3.25. The number of cyclic esters (lactones) is 1. The molecule has 1 saturated heterocycles. The summed E-state index contributed by atoms with van der Waals surface area (Å²) in [6.07, 6.45) is 10.4. The minimum atomic E-state index is -0.398. The maximum Gasteiger partial charge on any atom is 0.318 e. The molecule has 25 heavy (non-hydrogen) atoms. The summed E-state index contributed by atoms with van der Waals surface area (Å²) in [4.78, 5) is 36.4. The Morgan fingerprint density at radius 3 is 2.28 bits per heavy atom. The van der Waals surface area contributed by atoms with Gasteiger partial charge in [0.15, 0.2) is 5.78 Å². The molecule has 0 aromatic rings. The van der Waals surface area contributed by atoms with Crippen LogP contribution in [0.15, 0.2) is 72.1 Å². The summed E-state index contributed by atoms with van der Waals surface area (Å²) < 4.78 is 5.05. The molecule has 4 heteroatoms. The topological polar surface area (TPSA) is 60.4 Å². The SMILES string of the molecule is C=C(C)C1C=C(C(=O)C2=CC3C(=C)OC(=O)C3C=C2)C=CC1C(C)=O. The van der Waals surface area contributed by atoms with Gasteiger partial charge in [-0.25, -0.2) is 0 Å². The fraction of sp³-hybridized carbons (Fsp3) is 0.286. The largest absolute Gasteiger partial charge is 0.431 e. The van der Waals surface area contributed by atoms with E-state index in [1.165, 1.54) is 0 Å². The molecule has 0 spiro atoms. The zero-order valence-corrected chi connectivity index (χ0v) is 14.3. The lowest BCUT2D eigenvalue weighted by atomic mass is 9.77. The first-order chi connectivity index (χ1) is 11.8. The van der Waals surface area contributed by atoms with Crippen molar-refractivity contribution < 1.29 is 19.1 Å². The number of allylic oxidation sites excluding steroid dienone is 8. The first kappa shape index (κ1) is 17.1. The van der Waals surface area contributed by atoms with Crippen molar-refractivity contribution in [1.82, 2.24) is 0 Å². The molecule has 4 nitrogen and oxygen atoms in total. The van der Waals surface area contributed by atoms with Crippen LogP contribution in [0.5, 0.6) is 0 Å². The van der Waals surface area contributed by atoms with Crippen LogP contribution in [0, 0.1) is 23.7 Å². The average Bonchev–Trinajstić information content (AvgIpc) is 2.87. The zero-order valence-electron chi connectivity index (χ0n) is 14.3. The Kier molecular flexibility index (Phi) is 4.29. The molecule has 1 fully saturated rings. The van der Waals surface area contributed by atoms with Gasteiger partial charge in [-0.3, -0.25) is 14.4 Å². The Morgan fingerprint density at radius 2 is 1.64 bits per heavy atom. The van der Waals surface area contributed by atoms with Gasteiger partial charge < -0.3 is 4.74 Å². The van der Waals surface area contributed by atoms with Crippen LogP contribution in [0.3, 0.4) is 0 Å². The van der Waals surface area contributed by atoms with Gasteiger partial charge in [0.05, 0.1) is 11.8 Å². The molecule has 4 unspecified atom stereocenters. The maximum atomic E-state index is 12.9. The first-order valence-electron chi connectivity index (χ1n) is 8.20. The number of hydrogen-bond donors (Lipinski definition) is 0. The first-order valence-corrected chi connectivity index (χ1v) is 8.20. The summed E-state index contributed by atoms with van der Waals surface area (Å²) >= 11 is 0. The third-order valence-corrected chi connectivity index (χ3v) is 4.90. The number of carbonyl (C=O) groups excluding carboxylic acids is 3. The summed E-state index contributed by atoms with van der Waals surface area (Å²) in [5.41, 5.74) is 1.86. The number of fused-ring (bicyclic) bond motifs is 1. The number of hydrogen-bond acceptors (Lipinski definition) is 4. The van der Waals surface area contributed by atoms with Crippen molar-refractivity contribution in [2.75, 3.05) is 0 Å². The van der Waals surface area contributed by atoms with Crippen LogP contribution in [0.25, 0.3) is 0 Å². The number of carbonyl (C=O) groups is 3. The molecule has 0 saturated carbocycles. The van der Waals surface area contributed by atoms with Crippen LogP contribution in [0.1, 0.15) is 13.8 Å². The smallest absolute Gasteiger partial charge is 0.318 e. The lowest BCUT2D eigenvalue weighted by molar-refractivity contribution is -0.137. The number of ether oxygens (including phenoxy) is 1. The fourth-order valence-electron chi connectivity index (χ4n) is 3.45. The van der Waals surface area contributed by atoms with Crippen molar-refractivity contribution in [2.45, 2.75) is 13.8 Å². The molecule has 0 aromatic carbocycles. The van der Waals surface area contributed by atoms with Gasteiger partial charge in [-0.05, 0) is 13.8 Å². The molecule has 128 valence electrons. The molecule has 3 aliphatic rings. The van der Waals surface area contributed by atoms with E-state index in [9.17, 15) is 14.4 Å². The predicted molar refractivity (Wildman–Crippen MR) is 94.1 cm³/mol. The fourth-order valence-corrected chi connectivity index (χ4v) is 3.45. The van der Waals surface area contributed by atoms with Crippen molar-refractivity contribution in [3.63, 3.8) is 0 Å². The Morgan fingerprint density at radius 1 is 1.00 bits per heavy atom. The van der Waals surface area contributed by atoms with Gasteiger partial charge >= 0.3 is 5.97 Å². The standard InChI is InChI=1S/C21H20O4/c1-11(2)18-9-14(5-7-16(18)12(3)22)20(23)15-6-8-17-19(10-15)13(4)25-21(17)24/h5-10,16-19H,1,4H2,2-3H3. The van der Waals surface area contributed by atoms with Crippen LogP contribution in [0.2, 0.25) is 0 Å². The Bertz CT molecular complexity index is 819. The van der Waals surface area contributed by atoms with Gasteiger partial charge in [0.25, 0.3) is 0 Å². The normalized spacial score (nSPS) is 30.3. The highest BCUT2D eigenvalue weighted by Crippen LogP contribution is 2.37. The summed E-state index contributed by atoms with van der Waals surface area (Å²) in [6.45, 7) is 11.1. The quantitative estimate of drug-likeness (QED) is 0.584. The van der Waals surface area contributed by atoms with E-state index in [1.54, 1.807) is 37.3 Å². The van der Waals surface area contributed by atoms with Gasteiger partial charge in [-0.15, -0.1) is 0 Å². The van der Waals surface area contributed by atoms with Gasteiger partial charge in [-0.1, -0.05) is 55.2 Å². The number of ketones is 2. The van der Waals surface area contributed by atoms with Gasteiger partial charge in [0, 0.05) is 23.0 Å².